The van der Waals surface area contributed by atoms with Gasteiger partial charge in [-0.25, -0.2) is 0 Å². The van der Waals surface area contributed by atoms with E-state index < -0.39 is 12.6 Å². The molecule has 20 heavy (non-hydrogen) atoms. The van der Waals surface area contributed by atoms with E-state index in [1.807, 2.05) is 23.6 Å². The van der Waals surface area contributed by atoms with E-state index in [9.17, 15) is 13.2 Å². The van der Waals surface area contributed by atoms with Crippen molar-refractivity contribution in [3.8, 4) is 0 Å². The van der Waals surface area contributed by atoms with Gasteiger partial charge >= 0.3 is 6.18 Å². The second-order valence-electron chi connectivity index (χ2n) is 4.26. The van der Waals surface area contributed by atoms with E-state index in [2.05, 4.69) is 5.32 Å². The first-order valence-electron chi connectivity index (χ1n) is 6.04. The Balaban J connectivity index is 1.98. The molecule has 0 aliphatic rings. The van der Waals surface area contributed by atoms with E-state index in [-0.39, 0.29) is 12.5 Å². The molecule has 2 heterocycles. The van der Waals surface area contributed by atoms with E-state index in [0.29, 0.717) is 10.9 Å². The third-order valence-electron chi connectivity index (χ3n) is 2.69. The first-order valence-corrected chi connectivity index (χ1v) is 8.12. The van der Waals surface area contributed by atoms with Crippen LogP contribution in [0.3, 0.4) is 0 Å². The quantitative estimate of drug-likeness (QED) is 0.687. The fourth-order valence-corrected chi connectivity index (χ4v) is 3.86. The molecule has 0 saturated heterocycles. The fourth-order valence-electron chi connectivity index (χ4n) is 1.82. The smallest absolute Gasteiger partial charge is 0.305 e. The maximum Gasteiger partial charge on any atom is 0.389 e. The minimum absolute atomic E-state index is 0.0739. The van der Waals surface area contributed by atoms with Gasteiger partial charge in [0.25, 0.3) is 0 Å². The zero-order valence-electron chi connectivity index (χ0n) is 10.4. The standard InChI is InChI=1S/C13H13ClF3NS2/c14-11-5-4-10(20-11)12(9-3-1-8-19-9)18-7-2-6-13(15,16)17/h1,3-5,8,12,18H,2,6-7H2. The summed E-state index contributed by atoms with van der Waals surface area (Å²) in [5.41, 5.74) is 0. The minimum Gasteiger partial charge on any atom is -0.305 e. The van der Waals surface area contributed by atoms with Gasteiger partial charge in [0.2, 0.25) is 0 Å². The highest BCUT2D eigenvalue weighted by Crippen LogP contribution is 2.33. The van der Waals surface area contributed by atoms with Gasteiger partial charge in [-0.15, -0.1) is 22.7 Å². The molecule has 2 rings (SSSR count). The lowest BCUT2D eigenvalue weighted by molar-refractivity contribution is -0.135. The van der Waals surface area contributed by atoms with Crippen molar-refractivity contribution in [3.05, 3.63) is 43.7 Å². The lowest BCUT2D eigenvalue weighted by Gasteiger charge is -2.16. The topological polar surface area (TPSA) is 12.0 Å². The van der Waals surface area contributed by atoms with Crippen LogP contribution >= 0.6 is 34.3 Å². The number of thiophene rings is 2. The molecule has 0 amide bonds. The van der Waals surface area contributed by atoms with Crippen LogP contribution < -0.4 is 5.32 Å². The van der Waals surface area contributed by atoms with Crippen molar-refractivity contribution in [3.63, 3.8) is 0 Å². The number of hydrogen-bond donors (Lipinski definition) is 1. The third-order valence-corrected chi connectivity index (χ3v) is 4.92. The van der Waals surface area contributed by atoms with Gasteiger partial charge in [0, 0.05) is 16.2 Å². The summed E-state index contributed by atoms with van der Waals surface area (Å²) in [5, 5.41) is 5.14. The van der Waals surface area contributed by atoms with Gasteiger partial charge in [-0.1, -0.05) is 17.7 Å². The molecule has 0 saturated carbocycles. The first-order chi connectivity index (χ1) is 9.46. The van der Waals surface area contributed by atoms with Crippen molar-refractivity contribution in [1.82, 2.24) is 5.32 Å². The van der Waals surface area contributed by atoms with E-state index in [1.165, 1.54) is 11.3 Å². The Kier molecular flexibility index (Phi) is 5.49. The number of halogens is 4. The third kappa shape index (κ3) is 4.77. The number of hydrogen-bond acceptors (Lipinski definition) is 3. The van der Waals surface area contributed by atoms with Gasteiger partial charge in [0.05, 0.1) is 10.4 Å². The van der Waals surface area contributed by atoms with E-state index >= 15 is 0 Å². The molecule has 110 valence electrons. The van der Waals surface area contributed by atoms with Gasteiger partial charge < -0.3 is 5.32 Å². The zero-order valence-corrected chi connectivity index (χ0v) is 12.8. The lowest BCUT2D eigenvalue weighted by atomic mass is 10.2. The maximum absolute atomic E-state index is 12.1. The van der Waals surface area contributed by atoms with Gasteiger partial charge in [-0.05, 0) is 36.5 Å². The summed E-state index contributed by atoms with van der Waals surface area (Å²) in [7, 11) is 0. The van der Waals surface area contributed by atoms with Crippen LogP contribution in [0.2, 0.25) is 4.34 Å². The summed E-state index contributed by atoms with van der Waals surface area (Å²) in [6.45, 7) is 0.317. The molecule has 0 aliphatic heterocycles. The molecule has 2 aromatic rings. The Morgan fingerprint density at radius 3 is 2.55 bits per heavy atom. The Bertz CT molecular complexity index is 522. The van der Waals surface area contributed by atoms with Crippen molar-refractivity contribution in [2.45, 2.75) is 25.1 Å². The van der Waals surface area contributed by atoms with Crippen LogP contribution in [0.4, 0.5) is 13.2 Å². The molecule has 0 aliphatic carbocycles. The molecule has 1 N–H and O–H groups in total. The average Bonchev–Trinajstić information content (AvgIpc) is 2.99. The summed E-state index contributed by atoms with van der Waals surface area (Å²) < 4.78 is 37.1. The first kappa shape index (κ1) is 15.8. The monoisotopic (exact) mass is 339 g/mol. The molecule has 7 heteroatoms. The number of alkyl halides is 3. The second-order valence-corrected chi connectivity index (χ2v) is 6.99. The number of nitrogens with one attached hydrogen (secondary N) is 1. The fraction of sp³-hybridized carbons (Fsp3) is 0.385. The highest BCUT2D eigenvalue weighted by atomic mass is 35.5. The highest BCUT2D eigenvalue weighted by Gasteiger charge is 2.26. The van der Waals surface area contributed by atoms with Gasteiger partial charge in [-0.3, -0.25) is 0 Å². The zero-order chi connectivity index (χ0) is 14.6. The molecule has 0 aromatic carbocycles. The highest BCUT2D eigenvalue weighted by molar-refractivity contribution is 7.16. The Morgan fingerprint density at radius 1 is 1.20 bits per heavy atom. The molecule has 0 fully saturated rings. The Hall–Kier alpha value is -0.560. The van der Waals surface area contributed by atoms with Crippen LogP contribution in [-0.4, -0.2) is 12.7 Å². The summed E-state index contributed by atoms with van der Waals surface area (Å²) in [6, 6.07) is 7.54. The van der Waals surface area contributed by atoms with Crippen molar-refractivity contribution < 1.29 is 13.2 Å². The minimum atomic E-state index is -4.09. The molecule has 0 radical (unpaired) electrons. The van der Waals surface area contributed by atoms with Crippen molar-refractivity contribution in [2.75, 3.05) is 6.54 Å². The molecule has 0 bridgehead atoms. The van der Waals surface area contributed by atoms with Crippen molar-refractivity contribution in [1.29, 1.82) is 0 Å². The van der Waals surface area contributed by atoms with Gasteiger partial charge in [0.1, 0.15) is 0 Å². The summed E-state index contributed by atoms with van der Waals surface area (Å²) >= 11 is 8.96. The van der Waals surface area contributed by atoms with Gasteiger partial charge in [0.15, 0.2) is 0 Å². The van der Waals surface area contributed by atoms with Crippen LogP contribution in [0.25, 0.3) is 0 Å². The largest absolute Gasteiger partial charge is 0.389 e. The molecule has 0 spiro atoms. The van der Waals surface area contributed by atoms with E-state index in [0.717, 1.165) is 9.75 Å². The van der Waals surface area contributed by atoms with Crippen molar-refractivity contribution in [2.24, 2.45) is 0 Å². The molecular formula is C13H13ClF3NS2. The molecule has 1 unspecified atom stereocenters. The SMILES string of the molecule is FC(F)(F)CCCNC(c1cccs1)c1ccc(Cl)s1. The Labute approximate surface area is 128 Å². The average molecular weight is 340 g/mol. The van der Waals surface area contributed by atoms with Crippen LogP contribution in [0, 0.1) is 0 Å². The predicted molar refractivity (Wildman–Crippen MR) is 78.8 cm³/mol. The molecular weight excluding hydrogens is 327 g/mol. The summed E-state index contributed by atoms with van der Waals surface area (Å²) in [4.78, 5) is 2.10. The van der Waals surface area contributed by atoms with Gasteiger partial charge in [-0.2, -0.15) is 13.2 Å². The molecule has 2 aromatic heterocycles. The second kappa shape index (κ2) is 6.93. The van der Waals surface area contributed by atoms with Crippen molar-refractivity contribution >= 4 is 34.3 Å². The normalized spacial score (nSPS) is 13.6. The van der Waals surface area contributed by atoms with Crippen LogP contribution in [0.5, 0.6) is 0 Å². The van der Waals surface area contributed by atoms with Crippen LogP contribution in [-0.2, 0) is 0 Å². The summed E-state index contributed by atoms with van der Waals surface area (Å²) in [5.74, 6) is 0. The summed E-state index contributed by atoms with van der Waals surface area (Å²) in [6.07, 6.45) is -4.78. The van der Waals surface area contributed by atoms with E-state index in [1.54, 1.807) is 17.4 Å². The lowest BCUT2D eigenvalue weighted by Crippen LogP contribution is -2.23. The van der Waals surface area contributed by atoms with Crippen LogP contribution in [0.1, 0.15) is 28.6 Å². The maximum atomic E-state index is 12.1. The molecule has 1 atom stereocenters. The molecule has 1 nitrogen and oxygen atoms in total. The van der Waals surface area contributed by atoms with E-state index in [4.69, 9.17) is 11.6 Å². The predicted octanol–water partition coefficient (Wildman–Crippen LogP) is 5.48. The number of rotatable bonds is 6. The Morgan fingerprint density at radius 2 is 2.00 bits per heavy atom. The van der Waals surface area contributed by atoms with Crippen LogP contribution in [0.15, 0.2) is 29.6 Å².